The summed E-state index contributed by atoms with van der Waals surface area (Å²) in [6.07, 6.45) is 4.39. The van der Waals surface area contributed by atoms with Crippen molar-refractivity contribution in [1.82, 2.24) is 4.90 Å². The molecule has 4 rings (SSSR count). The molecule has 0 spiro atoms. The third-order valence-corrected chi connectivity index (χ3v) is 5.60. The fourth-order valence-corrected chi connectivity index (χ4v) is 4.69. The summed E-state index contributed by atoms with van der Waals surface area (Å²) in [5.74, 6) is 1.13. The van der Waals surface area contributed by atoms with Crippen LogP contribution >= 0.6 is 11.6 Å². The number of Topliss-reactive ketones (excluding diaryl/α,β-unsaturated/α-hetero) is 1. The molecule has 0 aliphatic carbocycles. The number of benzene rings is 1. The molecule has 19 heavy (non-hydrogen) atoms. The number of ketones is 1. The average molecular weight is 276 g/mol. The Morgan fingerprint density at radius 1 is 1.16 bits per heavy atom. The monoisotopic (exact) mass is 275 g/mol. The summed E-state index contributed by atoms with van der Waals surface area (Å²) in [4.78, 5) is 15.0. The van der Waals surface area contributed by atoms with Crippen molar-refractivity contribution >= 4 is 17.4 Å². The number of rotatable bonds is 1. The summed E-state index contributed by atoms with van der Waals surface area (Å²) in [5.41, 5.74) is 1.31. The molecule has 3 heteroatoms. The molecule has 3 heterocycles. The van der Waals surface area contributed by atoms with Gasteiger partial charge in [0.15, 0.2) is 0 Å². The van der Waals surface area contributed by atoms with E-state index in [0.29, 0.717) is 23.8 Å². The Morgan fingerprint density at radius 2 is 1.95 bits per heavy atom. The zero-order valence-corrected chi connectivity index (χ0v) is 11.6. The van der Waals surface area contributed by atoms with Crippen molar-refractivity contribution in [3.8, 4) is 0 Å². The van der Waals surface area contributed by atoms with Crippen LogP contribution in [0.1, 0.15) is 37.2 Å². The van der Waals surface area contributed by atoms with Gasteiger partial charge in [-0.15, -0.1) is 0 Å². The van der Waals surface area contributed by atoms with Gasteiger partial charge in [0, 0.05) is 36.0 Å². The second-order valence-electron chi connectivity index (χ2n) is 6.17. The van der Waals surface area contributed by atoms with E-state index in [9.17, 15) is 4.79 Å². The summed E-state index contributed by atoms with van der Waals surface area (Å²) in [6.45, 7) is 0.998. The molecule has 1 aromatic rings. The minimum absolute atomic E-state index is 0.230. The van der Waals surface area contributed by atoms with E-state index in [0.717, 1.165) is 24.4 Å². The van der Waals surface area contributed by atoms with Crippen molar-refractivity contribution in [3.05, 3.63) is 34.9 Å². The van der Waals surface area contributed by atoms with Gasteiger partial charge >= 0.3 is 0 Å². The molecule has 0 radical (unpaired) electrons. The van der Waals surface area contributed by atoms with E-state index < -0.39 is 0 Å². The second kappa shape index (κ2) is 4.32. The van der Waals surface area contributed by atoms with Gasteiger partial charge in [-0.2, -0.15) is 0 Å². The highest BCUT2D eigenvalue weighted by molar-refractivity contribution is 6.30. The van der Waals surface area contributed by atoms with Gasteiger partial charge in [-0.05, 0) is 42.9 Å². The highest BCUT2D eigenvalue weighted by Gasteiger charge is 2.52. The summed E-state index contributed by atoms with van der Waals surface area (Å²) in [6, 6.07) is 9.36. The maximum Gasteiger partial charge on any atom is 0.139 e. The van der Waals surface area contributed by atoms with Gasteiger partial charge in [0.05, 0.1) is 0 Å². The van der Waals surface area contributed by atoms with Crippen molar-refractivity contribution < 1.29 is 4.79 Å². The first-order valence-electron chi connectivity index (χ1n) is 7.28. The molecule has 1 aromatic carbocycles. The molecule has 0 amide bonds. The first-order chi connectivity index (χ1) is 9.24. The molecule has 1 unspecified atom stereocenters. The molecule has 5 atom stereocenters. The van der Waals surface area contributed by atoms with Gasteiger partial charge < -0.3 is 0 Å². The number of halogens is 1. The Hall–Kier alpha value is -0.860. The fourth-order valence-electron chi connectivity index (χ4n) is 4.56. The van der Waals surface area contributed by atoms with Gasteiger partial charge in [0.2, 0.25) is 0 Å². The number of piperidine rings is 2. The van der Waals surface area contributed by atoms with E-state index in [4.69, 9.17) is 11.6 Å². The van der Waals surface area contributed by atoms with E-state index in [-0.39, 0.29) is 5.92 Å². The Kier molecular flexibility index (Phi) is 2.71. The van der Waals surface area contributed by atoms with Crippen molar-refractivity contribution in [2.24, 2.45) is 5.92 Å². The normalized spacial score (nSPS) is 40.5. The number of carbonyl (C=O) groups excluding carboxylic acids is 1. The van der Waals surface area contributed by atoms with E-state index >= 15 is 0 Å². The van der Waals surface area contributed by atoms with Crippen molar-refractivity contribution in [1.29, 1.82) is 0 Å². The lowest BCUT2D eigenvalue weighted by molar-refractivity contribution is -0.132. The molecule has 3 aliphatic heterocycles. The highest BCUT2D eigenvalue weighted by atomic mass is 35.5. The second-order valence-corrected chi connectivity index (χ2v) is 6.61. The molecule has 0 saturated carbocycles. The number of hydrogen-bond donors (Lipinski definition) is 0. The van der Waals surface area contributed by atoms with Crippen molar-refractivity contribution in [2.45, 2.75) is 43.7 Å². The SMILES string of the molecule is O=C1CCN2[C@H]3CC[C@@H]2[C@@H]1[C@@H](c1ccc(Cl)cc1)C3. The van der Waals surface area contributed by atoms with E-state index in [2.05, 4.69) is 17.0 Å². The zero-order chi connectivity index (χ0) is 13.0. The fraction of sp³-hybridized carbons (Fsp3) is 0.562. The van der Waals surface area contributed by atoms with Crippen LogP contribution in [0, 0.1) is 5.92 Å². The molecular formula is C16H18ClNO. The molecule has 3 fully saturated rings. The third kappa shape index (κ3) is 1.77. The average Bonchev–Trinajstić information content (AvgIpc) is 2.69. The minimum Gasteiger partial charge on any atom is -0.299 e. The van der Waals surface area contributed by atoms with Crippen molar-refractivity contribution in [2.75, 3.05) is 6.54 Å². The van der Waals surface area contributed by atoms with Crippen LogP contribution in [-0.4, -0.2) is 29.3 Å². The number of nitrogens with zero attached hydrogens (tertiary/aromatic N) is 1. The smallest absolute Gasteiger partial charge is 0.139 e. The summed E-state index contributed by atoms with van der Waals surface area (Å²) >= 11 is 5.98. The zero-order valence-electron chi connectivity index (χ0n) is 10.9. The van der Waals surface area contributed by atoms with Crippen LogP contribution in [0.4, 0.5) is 0 Å². The molecule has 3 saturated heterocycles. The van der Waals surface area contributed by atoms with Crippen LogP contribution in [0.2, 0.25) is 5.02 Å². The van der Waals surface area contributed by atoms with Crippen LogP contribution in [0.25, 0.3) is 0 Å². The van der Waals surface area contributed by atoms with E-state index in [1.54, 1.807) is 0 Å². The Balaban J connectivity index is 1.72. The van der Waals surface area contributed by atoms with Gasteiger partial charge in [-0.1, -0.05) is 23.7 Å². The van der Waals surface area contributed by atoms with E-state index in [1.165, 1.54) is 18.4 Å². The largest absolute Gasteiger partial charge is 0.299 e. The summed E-state index contributed by atoms with van der Waals surface area (Å²) in [5, 5.41) is 0.777. The lowest BCUT2D eigenvalue weighted by atomic mass is 9.71. The minimum atomic E-state index is 0.230. The highest BCUT2D eigenvalue weighted by Crippen LogP contribution is 2.49. The Labute approximate surface area is 118 Å². The predicted octanol–water partition coefficient (Wildman–Crippen LogP) is 3.25. The van der Waals surface area contributed by atoms with Crippen molar-refractivity contribution in [3.63, 3.8) is 0 Å². The Bertz CT molecular complexity index is 512. The maximum atomic E-state index is 12.4. The molecule has 4 bridgehead atoms. The predicted molar refractivity (Wildman–Crippen MR) is 75.4 cm³/mol. The lowest BCUT2D eigenvalue weighted by Gasteiger charge is -2.47. The van der Waals surface area contributed by atoms with Gasteiger partial charge in [-0.25, -0.2) is 0 Å². The molecule has 0 N–H and O–H groups in total. The van der Waals surface area contributed by atoms with Gasteiger partial charge in [0.1, 0.15) is 5.78 Å². The molecule has 2 nitrogen and oxygen atoms in total. The number of hydrogen-bond acceptors (Lipinski definition) is 2. The topological polar surface area (TPSA) is 20.3 Å². The first kappa shape index (κ1) is 11.9. The first-order valence-corrected chi connectivity index (χ1v) is 7.66. The molecule has 100 valence electrons. The van der Waals surface area contributed by atoms with Crippen LogP contribution < -0.4 is 0 Å². The maximum absolute atomic E-state index is 12.4. The van der Waals surface area contributed by atoms with E-state index in [1.807, 2.05) is 12.1 Å². The van der Waals surface area contributed by atoms with Crippen LogP contribution in [0.3, 0.4) is 0 Å². The molecule has 3 aliphatic rings. The van der Waals surface area contributed by atoms with Crippen LogP contribution in [0.5, 0.6) is 0 Å². The third-order valence-electron chi connectivity index (χ3n) is 5.35. The number of carbonyl (C=O) groups is 1. The molecule has 0 aromatic heterocycles. The van der Waals surface area contributed by atoms with Crippen LogP contribution in [-0.2, 0) is 4.79 Å². The standard InChI is InChI=1S/C16H18ClNO/c17-11-3-1-10(2-4-11)13-9-12-5-6-14-16(13)15(19)7-8-18(12)14/h1-4,12-14,16H,5-9H2/t12-,13+,14+,16-/m0/s1. The summed E-state index contributed by atoms with van der Waals surface area (Å²) < 4.78 is 0. The Morgan fingerprint density at radius 3 is 2.74 bits per heavy atom. The molecular weight excluding hydrogens is 258 g/mol. The van der Waals surface area contributed by atoms with Gasteiger partial charge in [0.25, 0.3) is 0 Å². The lowest BCUT2D eigenvalue weighted by Crippen LogP contribution is -2.55. The summed E-state index contributed by atoms with van der Waals surface area (Å²) in [7, 11) is 0. The quantitative estimate of drug-likeness (QED) is 0.784. The van der Waals surface area contributed by atoms with Crippen LogP contribution in [0.15, 0.2) is 24.3 Å². The van der Waals surface area contributed by atoms with Gasteiger partial charge in [-0.3, -0.25) is 9.69 Å².